The van der Waals surface area contributed by atoms with E-state index in [-0.39, 0.29) is 0 Å². The molecule has 0 aliphatic rings. The van der Waals surface area contributed by atoms with Gasteiger partial charge in [-0.15, -0.1) is 0 Å². The summed E-state index contributed by atoms with van der Waals surface area (Å²) in [6.07, 6.45) is 2.37. The number of benzene rings is 1. The number of aromatic amines is 1. The van der Waals surface area contributed by atoms with Gasteiger partial charge in [0, 0.05) is 28.0 Å². The number of aliphatic carboxylic acids is 1. The number of fused-ring (bicyclic) bond motifs is 1. The summed E-state index contributed by atoms with van der Waals surface area (Å²) in [5.41, 5.74) is 2.04. The van der Waals surface area contributed by atoms with Gasteiger partial charge in [-0.05, 0) is 37.9 Å². The molecule has 0 aliphatic heterocycles. The first kappa shape index (κ1) is 13.1. The number of carboxylic acid groups (broad SMARTS) is 1. The van der Waals surface area contributed by atoms with Crippen LogP contribution in [0.4, 0.5) is 0 Å². The van der Waals surface area contributed by atoms with Crippen LogP contribution in [0.3, 0.4) is 0 Å². The van der Waals surface area contributed by atoms with Crippen LogP contribution in [0.25, 0.3) is 10.9 Å². The van der Waals surface area contributed by atoms with E-state index in [1.54, 1.807) is 19.0 Å². The lowest BCUT2D eigenvalue weighted by atomic mass is 10.0. The van der Waals surface area contributed by atoms with Gasteiger partial charge in [-0.25, -0.2) is 0 Å². The highest BCUT2D eigenvalue weighted by atomic mass is 79.9. The van der Waals surface area contributed by atoms with Crippen molar-refractivity contribution in [1.29, 1.82) is 0 Å². The first-order chi connectivity index (χ1) is 8.49. The SMILES string of the molecule is CN(C)[C@@H](Cc1c[nH]c2ccc(Br)cc12)C(=O)O. The molecule has 96 valence electrons. The Morgan fingerprint density at radius 1 is 1.50 bits per heavy atom. The Morgan fingerprint density at radius 3 is 2.83 bits per heavy atom. The van der Waals surface area contributed by atoms with Crippen LogP contribution >= 0.6 is 15.9 Å². The maximum absolute atomic E-state index is 11.2. The van der Waals surface area contributed by atoms with Gasteiger partial charge in [0.15, 0.2) is 0 Å². The summed E-state index contributed by atoms with van der Waals surface area (Å²) in [6.45, 7) is 0. The van der Waals surface area contributed by atoms with Crippen LogP contribution in [0, 0.1) is 0 Å². The fraction of sp³-hybridized carbons (Fsp3) is 0.308. The van der Waals surface area contributed by atoms with Crippen molar-refractivity contribution in [3.8, 4) is 0 Å². The summed E-state index contributed by atoms with van der Waals surface area (Å²) in [6, 6.07) is 5.44. The molecule has 0 spiro atoms. The van der Waals surface area contributed by atoms with Gasteiger partial charge in [-0.1, -0.05) is 15.9 Å². The van der Waals surface area contributed by atoms with Gasteiger partial charge in [0.1, 0.15) is 6.04 Å². The van der Waals surface area contributed by atoms with Gasteiger partial charge in [0.05, 0.1) is 0 Å². The molecule has 1 aromatic heterocycles. The molecule has 0 fully saturated rings. The summed E-state index contributed by atoms with van der Waals surface area (Å²) in [7, 11) is 3.56. The quantitative estimate of drug-likeness (QED) is 0.912. The Labute approximate surface area is 114 Å². The van der Waals surface area contributed by atoms with Crippen LogP contribution in [-0.2, 0) is 11.2 Å². The summed E-state index contributed by atoms with van der Waals surface area (Å²) in [5, 5.41) is 10.3. The van der Waals surface area contributed by atoms with Crippen molar-refractivity contribution in [2.45, 2.75) is 12.5 Å². The predicted molar refractivity (Wildman–Crippen MR) is 74.8 cm³/mol. The number of hydrogen-bond donors (Lipinski definition) is 2. The van der Waals surface area contributed by atoms with Crippen LogP contribution < -0.4 is 0 Å². The van der Waals surface area contributed by atoms with E-state index >= 15 is 0 Å². The molecule has 1 aromatic carbocycles. The van der Waals surface area contributed by atoms with Crippen molar-refractivity contribution in [3.05, 3.63) is 34.4 Å². The molecule has 0 amide bonds. The zero-order chi connectivity index (χ0) is 13.3. The second-order valence-corrected chi connectivity index (χ2v) is 5.44. The molecule has 2 N–H and O–H groups in total. The van der Waals surface area contributed by atoms with Crippen molar-refractivity contribution < 1.29 is 9.90 Å². The van der Waals surface area contributed by atoms with Gasteiger partial charge in [-0.2, -0.15) is 0 Å². The van der Waals surface area contributed by atoms with Gasteiger partial charge < -0.3 is 10.1 Å². The maximum atomic E-state index is 11.2. The van der Waals surface area contributed by atoms with Crippen LogP contribution in [-0.4, -0.2) is 41.1 Å². The largest absolute Gasteiger partial charge is 0.480 e. The van der Waals surface area contributed by atoms with E-state index in [4.69, 9.17) is 0 Å². The maximum Gasteiger partial charge on any atom is 0.321 e. The molecule has 0 saturated heterocycles. The minimum atomic E-state index is -0.802. The highest BCUT2D eigenvalue weighted by Crippen LogP contribution is 2.24. The molecular weight excluding hydrogens is 296 g/mol. The number of nitrogens with one attached hydrogen (secondary N) is 1. The number of hydrogen-bond acceptors (Lipinski definition) is 2. The average molecular weight is 311 g/mol. The molecule has 1 atom stereocenters. The molecular formula is C13H15BrN2O2. The Bertz CT molecular complexity index is 577. The number of carboxylic acids is 1. The summed E-state index contributed by atoms with van der Waals surface area (Å²) < 4.78 is 0.993. The van der Waals surface area contributed by atoms with Crippen molar-refractivity contribution >= 4 is 32.8 Å². The Hall–Kier alpha value is -1.33. The molecule has 2 rings (SSSR count). The molecule has 0 aliphatic carbocycles. The summed E-state index contributed by atoms with van der Waals surface area (Å²) >= 11 is 3.43. The number of carbonyl (C=O) groups is 1. The minimum absolute atomic E-state index is 0.485. The number of likely N-dealkylation sites (N-methyl/N-ethyl adjacent to an activating group) is 1. The Morgan fingerprint density at radius 2 is 2.22 bits per heavy atom. The number of rotatable bonds is 4. The van der Waals surface area contributed by atoms with Crippen LogP contribution in [0.2, 0.25) is 0 Å². The van der Waals surface area contributed by atoms with Crippen molar-refractivity contribution in [2.75, 3.05) is 14.1 Å². The van der Waals surface area contributed by atoms with E-state index in [0.29, 0.717) is 6.42 Å². The highest BCUT2D eigenvalue weighted by molar-refractivity contribution is 9.10. The molecule has 4 nitrogen and oxygen atoms in total. The molecule has 2 aromatic rings. The molecule has 1 heterocycles. The van der Waals surface area contributed by atoms with E-state index in [2.05, 4.69) is 20.9 Å². The third-order valence-corrected chi connectivity index (χ3v) is 3.54. The fourth-order valence-corrected chi connectivity index (χ4v) is 2.38. The van der Waals surface area contributed by atoms with E-state index in [1.165, 1.54) is 0 Å². The van der Waals surface area contributed by atoms with Gasteiger partial charge >= 0.3 is 5.97 Å². The lowest BCUT2D eigenvalue weighted by Crippen LogP contribution is -2.37. The highest BCUT2D eigenvalue weighted by Gasteiger charge is 2.21. The molecule has 5 heteroatoms. The second kappa shape index (κ2) is 5.12. The van der Waals surface area contributed by atoms with E-state index in [1.807, 2.05) is 24.4 Å². The minimum Gasteiger partial charge on any atom is -0.480 e. The number of halogens is 1. The normalized spacial score (nSPS) is 13.1. The summed E-state index contributed by atoms with van der Waals surface area (Å²) in [5.74, 6) is -0.802. The third kappa shape index (κ3) is 2.57. The van der Waals surface area contributed by atoms with E-state index < -0.39 is 12.0 Å². The number of nitrogens with zero attached hydrogens (tertiary/aromatic N) is 1. The van der Waals surface area contributed by atoms with Crippen molar-refractivity contribution in [3.63, 3.8) is 0 Å². The van der Waals surface area contributed by atoms with Crippen LogP contribution in [0.1, 0.15) is 5.56 Å². The lowest BCUT2D eigenvalue weighted by molar-refractivity contribution is -0.142. The Balaban J connectivity index is 2.36. The fourth-order valence-electron chi connectivity index (χ4n) is 2.02. The molecule has 0 bridgehead atoms. The molecule has 0 unspecified atom stereocenters. The van der Waals surface area contributed by atoms with Crippen molar-refractivity contribution in [1.82, 2.24) is 9.88 Å². The smallest absolute Gasteiger partial charge is 0.321 e. The lowest BCUT2D eigenvalue weighted by Gasteiger charge is -2.19. The van der Waals surface area contributed by atoms with Crippen molar-refractivity contribution in [2.24, 2.45) is 0 Å². The van der Waals surface area contributed by atoms with Gasteiger partial charge in [-0.3, -0.25) is 9.69 Å². The standard InChI is InChI=1S/C13H15BrN2O2/c1-16(2)12(13(17)18)5-8-7-15-11-4-3-9(14)6-10(8)11/h3-4,6-7,12,15H,5H2,1-2H3,(H,17,18)/t12-/m0/s1. The zero-order valence-corrected chi connectivity index (χ0v) is 11.9. The topological polar surface area (TPSA) is 56.3 Å². The Kier molecular flexibility index (Phi) is 3.73. The number of aromatic nitrogens is 1. The molecule has 18 heavy (non-hydrogen) atoms. The first-order valence-electron chi connectivity index (χ1n) is 5.64. The van der Waals surface area contributed by atoms with Gasteiger partial charge in [0.2, 0.25) is 0 Å². The van der Waals surface area contributed by atoms with E-state index in [0.717, 1.165) is 20.9 Å². The first-order valence-corrected chi connectivity index (χ1v) is 6.43. The van der Waals surface area contributed by atoms with Gasteiger partial charge in [0.25, 0.3) is 0 Å². The van der Waals surface area contributed by atoms with E-state index in [9.17, 15) is 9.90 Å². The second-order valence-electron chi connectivity index (χ2n) is 4.53. The van der Waals surface area contributed by atoms with Crippen LogP contribution in [0.5, 0.6) is 0 Å². The zero-order valence-electron chi connectivity index (χ0n) is 10.3. The average Bonchev–Trinajstić information content (AvgIpc) is 2.67. The predicted octanol–water partition coefficient (Wildman–Crippen LogP) is 2.49. The molecule has 0 radical (unpaired) electrons. The monoisotopic (exact) mass is 310 g/mol. The van der Waals surface area contributed by atoms with Crippen LogP contribution in [0.15, 0.2) is 28.9 Å². The molecule has 0 saturated carbocycles. The number of H-pyrrole nitrogens is 1. The summed E-state index contributed by atoms with van der Waals surface area (Å²) in [4.78, 5) is 16.1. The third-order valence-electron chi connectivity index (χ3n) is 3.05.